The average Bonchev–Trinajstić information content (AvgIpc) is 3.09. The lowest BCUT2D eigenvalue weighted by molar-refractivity contribution is 0.163. The summed E-state index contributed by atoms with van der Waals surface area (Å²) in [5, 5.41) is 15.9. The van der Waals surface area contributed by atoms with E-state index in [1.54, 1.807) is 24.5 Å². The molecule has 0 aromatic carbocycles. The van der Waals surface area contributed by atoms with E-state index in [1.807, 2.05) is 12.1 Å². The molecule has 2 aliphatic heterocycles. The number of likely N-dealkylation sites (N-methyl/N-ethyl adjacent to an activating group) is 1. The summed E-state index contributed by atoms with van der Waals surface area (Å²) < 4.78 is 35.0. The molecule has 0 aliphatic carbocycles. The number of amides is 1. The van der Waals surface area contributed by atoms with Crippen molar-refractivity contribution in [2.24, 2.45) is 0 Å². The highest BCUT2D eigenvalue weighted by Gasteiger charge is 2.16. The molecule has 2 rings (SSSR count). The van der Waals surface area contributed by atoms with Crippen molar-refractivity contribution >= 4 is 26.7 Å². The van der Waals surface area contributed by atoms with E-state index in [4.69, 9.17) is 10.5 Å². The van der Waals surface area contributed by atoms with E-state index in [0.717, 1.165) is 19.4 Å². The molecule has 2 saturated heterocycles. The van der Waals surface area contributed by atoms with E-state index in [1.165, 1.54) is 0 Å². The Bertz CT molecular complexity index is 549. The van der Waals surface area contributed by atoms with Crippen LogP contribution in [0.5, 0.6) is 0 Å². The number of sulfone groups is 1. The van der Waals surface area contributed by atoms with Crippen molar-refractivity contribution < 1.29 is 22.2 Å². The van der Waals surface area contributed by atoms with Gasteiger partial charge in [-0.25, -0.2) is 13.2 Å². The molecule has 1 amide bonds. The zero-order valence-electron chi connectivity index (χ0n) is 15.1. The van der Waals surface area contributed by atoms with Crippen LogP contribution in [0.4, 0.5) is 4.79 Å². The van der Waals surface area contributed by atoms with Crippen LogP contribution in [0.2, 0.25) is 0 Å². The summed E-state index contributed by atoms with van der Waals surface area (Å²) in [6, 6.07) is 3.90. The fourth-order valence-corrected chi connectivity index (χ4v) is 2.96. The van der Waals surface area contributed by atoms with E-state index in [2.05, 4.69) is 4.74 Å². The summed E-state index contributed by atoms with van der Waals surface area (Å²) in [6.45, 7) is 1.29. The fraction of sp³-hybridized carbons (Fsp3) is 0.800. The second-order valence-electron chi connectivity index (χ2n) is 5.31. The number of carbonyl (C=O) groups is 1. The molecule has 2 heterocycles. The Hall–Kier alpha value is -1.65. The molecule has 0 unspecified atom stereocenters. The van der Waals surface area contributed by atoms with Crippen molar-refractivity contribution in [3.63, 3.8) is 0 Å². The molecule has 10 heteroatoms. The molecule has 2 aliphatic rings. The first kappa shape index (κ1) is 25.6. The Labute approximate surface area is 153 Å². The van der Waals surface area contributed by atoms with Gasteiger partial charge in [0.15, 0.2) is 0 Å². The maximum Gasteiger partial charge on any atom is 0.409 e. The van der Waals surface area contributed by atoms with Gasteiger partial charge in [-0.3, -0.25) is 4.21 Å². The fourth-order valence-electron chi connectivity index (χ4n) is 1.46. The van der Waals surface area contributed by atoms with Crippen LogP contribution in [0.3, 0.4) is 0 Å². The molecule has 8 nitrogen and oxygen atoms in total. The predicted octanol–water partition coefficient (Wildman–Crippen LogP) is 1.46. The molecule has 0 saturated carbocycles. The molecule has 144 valence electrons. The summed E-state index contributed by atoms with van der Waals surface area (Å²) in [5.41, 5.74) is 0. The summed E-state index contributed by atoms with van der Waals surface area (Å²) >= 11 is 0. The number of rotatable bonds is 2. The van der Waals surface area contributed by atoms with Gasteiger partial charge in [0.2, 0.25) is 0 Å². The number of nitrogens with zero attached hydrogens (tertiary/aromatic N) is 3. The van der Waals surface area contributed by atoms with Crippen molar-refractivity contribution in [3.05, 3.63) is 0 Å². The first-order chi connectivity index (χ1) is 11.7. The van der Waals surface area contributed by atoms with Gasteiger partial charge in [-0.2, -0.15) is 10.5 Å². The Morgan fingerprint density at radius 1 is 1.16 bits per heavy atom. The lowest BCUT2D eigenvalue weighted by atomic mass is 10.3. The van der Waals surface area contributed by atoms with E-state index in [9.17, 15) is 17.4 Å². The van der Waals surface area contributed by atoms with E-state index >= 15 is 0 Å². The first-order valence-corrected chi connectivity index (χ1v) is 11.5. The summed E-state index contributed by atoms with van der Waals surface area (Å²) in [7, 11) is -1.44. The zero-order chi connectivity index (χ0) is 19.7. The van der Waals surface area contributed by atoms with Crippen LogP contribution in [0.1, 0.15) is 32.1 Å². The molecule has 0 radical (unpaired) electrons. The standard InChI is InChI=1S/C5H6N2.C4H7NO2.C4H8O2S.C2H6OS/c6-4-2-1-3-5-7;1-5-2-3-7-4(5)6;5-7(6)3-1-2-4-7;1-4(2)3/h1-3H2;2-3H2,1H3;1-4H2;1-2H3. The molecular weight excluding hydrogens is 366 g/mol. The van der Waals surface area contributed by atoms with Gasteiger partial charge < -0.3 is 9.64 Å². The number of unbranched alkanes of at least 4 members (excludes halogenated alkanes) is 2. The largest absolute Gasteiger partial charge is 0.448 e. The van der Waals surface area contributed by atoms with Crippen LogP contribution in [0.25, 0.3) is 0 Å². The molecule has 0 atom stereocenters. The van der Waals surface area contributed by atoms with E-state index in [-0.39, 0.29) is 6.09 Å². The third-order valence-electron chi connectivity index (χ3n) is 2.70. The molecule has 0 aromatic heterocycles. The monoisotopic (exact) mass is 393 g/mol. The van der Waals surface area contributed by atoms with Crippen LogP contribution < -0.4 is 0 Å². The van der Waals surface area contributed by atoms with Gasteiger partial charge in [0.05, 0.1) is 30.2 Å². The summed E-state index contributed by atoms with van der Waals surface area (Å²) in [4.78, 5) is 11.8. The lowest BCUT2D eigenvalue weighted by Crippen LogP contribution is -2.17. The van der Waals surface area contributed by atoms with Crippen molar-refractivity contribution in [3.8, 4) is 12.1 Å². The number of cyclic esters (lactones) is 1. The maximum atomic E-state index is 10.4. The molecule has 0 bridgehead atoms. The first-order valence-electron chi connectivity index (χ1n) is 7.73. The third-order valence-corrected chi connectivity index (χ3v) is 4.52. The van der Waals surface area contributed by atoms with Crippen molar-refractivity contribution in [2.45, 2.75) is 32.1 Å². The van der Waals surface area contributed by atoms with E-state index < -0.39 is 20.6 Å². The second kappa shape index (κ2) is 15.9. The molecule has 2 fully saturated rings. The van der Waals surface area contributed by atoms with Gasteiger partial charge in [0, 0.05) is 43.2 Å². The molecule has 0 spiro atoms. The highest BCUT2D eigenvalue weighted by molar-refractivity contribution is 7.91. The predicted molar refractivity (Wildman–Crippen MR) is 96.9 cm³/mol. The summed E-state index contributed by atoms with van der Waals surface area (Å²) in [5.74, 6) is 0.847. The van der Waals surface area contributed by atoms with Crippen LogP contribution in [-0.2, 0) is 25.4 Å². The number of hydrogen-bond donors (Lipinski definition) is 0. The second-order valence-corrected chi connectivity index (χ2v) is 9.09. The van der Waals surface area contributed by atoms with Gasteiger partial charge in [-0.1, -0.05) is 0 Å². The van der Waals surface area contributed by atoms with Gasteiger partial charge in [0.25, 0.3) is 0 Å². The Morgan fingerprint density at radius 2 is 1.60 bits per heavy atom. The highest BCUT2D eigenvalue weighted by Crippen LogP contribution is 2.08. The van der Waals surface area contributed by atoms with Crippen LogP contribution in [-0.4, -0.2) is 67.8 Å². The Kier molecular flexibility index (Phi) is 16.2. The van der Waals surface area contributed by atoms with Crippen molar-refractivity contribution in [1.82, 2.24) is 4.90 Å². The molecule has 25 heavy (non-hydrogen) atoms. The topological polar surface area (TPSA) is 128 Å². The van der Waals surface area contributed by atoms with Gasteiger partial charge in [-0.05, 0) is 19.3 Å². The van der Waals surface area contributed by atoms with Crippen molar-refractivity contribution in [2.75, 3.05) is 44.2 Å². The molecule has 0 aromatic rings. The van der Waals surface area contributed by atoms with Crippen molar-refractivity contribution in [1.29, 1.82) is 10.5 Å². The number of ether oxygens (including phenoxy) is 1. The van der Waals surface area contributed by atoms with Crippen LogP contribution in [0.15, 0.2) is 0 Å². The van der Waals surface area contributed by atoms with Gasteiger partial charge in [0.1, 0.15) is 16.4 Å². The average molecular weight is 394 g/mol. The maximum absolute atomic E-state index is 10.4. The number of carbonyl (C=O) groups excluding carboxylic acids is 1. The molecular formula is C15H27N3O5S2. The minimum Gasteiger partial charge on any atom is -0.448 e. The molecule has 0 N–H and O–H groups in total. The number of hydrogen-bond acceptors (Lipinski definition) is 7. The van der Waals surface area contributed by atoms with Crippen LogP contribution in [0, 0.1) is 22.7 Å². The highest BCUT2D eigenvalue weighted by atomic mass is 32.2. The van der Waals surface area contributed by atoms with Crippen LogP contribution >= 0.6 is 0 Å². The zero-order valence-corrected chi connectivity index (χ0v) is 16.7. The SMILES string of the molecule is CN1CCOC1=O.CS(C)=O.N#CCCCC#N.O=S1(=O)CCCC1. The minimum absolute atomic E-state index is 0.208. The lowest BCUT2D eigenvalue weighted by Gasteiger charge is -1.98. The Balaban J connectivity index is 0. The third kappa shape index (κ3) is 20.3. The number of nitriles is 2. The minimum atomic E-state index is -2.55. The summed E-state index contributed by atoms with van der Waals surface area (Å²) in [6.07, 6.45) is 6.55. The smallest absolute Gasteiger partial charge is 0.409 e. The van der Waals surface area contributed by atoms with Gasteiger partial charge in [-0.15, -0.1) is 0 Å². The van der Waals surface area contributed by atoms with Gasteiger partial charge >= 0.3 is 6.09 Å². The quantitative estimate of drug-likeness (QED) is 0.649. The Morgan fingerprint density at radius 3 is 1.76 bits per heavy atom. The van der Waals surface area contributed by atoms with E-state index in [0.29, 0.717) is 37.4 Å². The normalized spacial score (nSPS) is 16.7.